The number of hydrogen-bond acceptors (Lipinski definition) is 5. The topological polar surface area (TPSA) is 58.4 Å². The fourth-order valence-electron chi connectivity index (χ4n) is 3.57. The third-order valence-corrected chi connectivity index (χ3v) is 5.85. The van der Waals surface area contributed by atoms with Crippen LogP contribution in [0.1, 0.15) is 33.3 Å². The zero-order chi connectivity index (χ0) is 23.8. The smallest absolute Gasteiger partial charge is 0.223 e. The van der Waals surface area contributed by atoms with Gasteiger partial charge in [-0.15, -0.1) is 0 Å². The number of anilines is 1. The molecule has 1 atom stereocenters. The minimum absolute atomic E-state index is 0.0603. The molecule has 1 aromatic carbocycles. The summed E-state index contributed by atoms with van der Waals surface area (Å²) in [6.07, 6.45) is 3.78. The van der Waals surface area contributed by atoms with Crippen molar-refractivity contribution in [3.8, 4) is 22.6 Å². The van der Waals surface area contributed by atoms with Gasteiger partial charge in [-0.3, -0.25) is 4.40 Å². The number of benzene rings is 1. The number of nitrogens with one attached hydrogen (secondary N) is 1. The van der Waals surface area contributed by atoms with Gasteiger partial charge in [-0.1, -0.05) is 20.8 Å². The molecule has 33 heavy (non-hydrogen) atoms. The number of fused-ring (bicyclic) bond motifs is 1. The first-order valence-electron chi connectivity index (χ1n) is 11.1. The molecule has 3 aromatic heterocycles. The van der Waals surface area contributed by atoms with Crippen LogP contribution in [0.5, 0.6) is 0 Å². The molecule has 7 heteroatoms. The van der Waals surface area contributed by atoms with Crippen molar-refractivity contribution < 1.29 is 4.39 Å². The first-order valence-corrected chi connectivity index (χ1v) is 11.1. The number of halogens is 1. The molecule has 1 N–H and O–H groups in total. The van der Waals surface area contributed by atoms with Gasteiger partial charge in [0.2, 0.25) is 5.95 Å². The lowest BCUT2D eigenvalue weighted by Crippen LogP contribution is -2.31. The second kappa shape index (κ2) is 8.90. The van der Waals surface area contributed by atoms with Gasteiger partial charge in [0.1, 0.15) is 11.5 Å². The maximum atomic E-state index is 13.6. The molecule has 0 aliphatic rings. The predicted octanol–water partition coefficient (Wildman–Crippen LogP) is 5.51. The highest BCUT2D eigenvalue weighted by molar-refractivity contribution is 5.80. The normalized spacial score (nSPS) is 13.0. The molecule has 0 bridgehead atoms. The van der Waals surface area contributed by atoms with Crippen LogP contribution in [0.4, 0.5) is 10.3 Å². The molecule has 172 valence electrons. The number of hydrogen-bond donors (Lipinski definition) is 1. The van der Waals surface area contributed by atoms with Crippen LogP contribution in [0.25, 0.3) is 28.3 Å². The van der Waals surface area contributed by atoms with Crippen molar-refractivity contribution in [1.82, 2.24) is 24.3 Å². The quantitative estimate of drug-likeness (QED) is 0.423. The summed E-state index contributed by atoms with van der Waals surface area (Å²) in [7, 11) is 4.08. The Morgan fingerprint density at radius 1 is 1.06 bits per heavy atom. The van der Waals surface area contributed by atoms with E-state index in [4.69, 9.17) is 9.97 Å². The van der Waals surface area contributed by atoms with Gasteiger partial charge in [-0.05, 0) is 74.5 Å². The number of imidazole rings is 1. The highest BCUT2D eigenvalue weighted by Gasteiger charge is 2.22. The molecule has 0 aliphatic carbocycles. The molecule has 0 aliphatic heterocycles. The molecule has 3 heterocycles. The summed E-state index contributed by atoms with van der Waals surface area (Å²) in [4.78, 5) is 16.3. The van der Waals surface area contributed by atoms with Crippen LogP contribution < -0.4 is 5.32 Å². The minimum atomic E-state index is -0.276. The maximum absolute atomic E-state index is 13.6. The Balaban J connectivity index is 1.85. The molecule has 0 radical (unpaired) electrons. The Morgan fingerprint density at radius 3 is 2.45 bits per heavy atom. The second-order valence-electron chi connectivity index (χ2n) is 9.81. The van der Waals surface area contributed by atoms with Crippen molar-refractivity contribution in [2.24, 2.45) is 5.41 Å². The minimum Gasteiger partial charge on any atom is -0.351 e. The van der Waals surface area contributed by atoms with Crippen molar-refractivity contribution in [3.05, 3.63) is 66.2 Å². The number of pyridine rings is 1. The lowest BCUT2D eigenvalue weighted by Gasteiger charge is -2.28. The SMILES string of the molecule is CC(Nc1nccc(-c2c(-c3ccc(F)cc3)nc3cc(CN(C)C)ccn23)n1)C(C)(C)C. The van der Waals surface area contributed by atoms with Crippen molar-refractivity contribution in [1.29, 1.82) is 0 Å². The summed E-state index contributed by atoms with van der Waals surface area (Å²) in [6.45, 7) is 9.47. The highest BCUT2D eigenvalue weighted by atomic mass is 19.1. The van der Waals surface area contributed by atoms with E-state index in [2.05, 4.69) is 55.0 Å². The summed E-state index contributed by atoms with van der Waals surface area (Å²) in [5.41, 5.74) is 5.23. The summed E-state index contributed by atoms with van der Waals surface area (Å²) >= 11 is 0. The van der Waals surface area contributed by atoms with Gasteiger partial charge in [0, 0.05) is 30.5 Å². The van der Waals surface area contributed by atoms with Gasteiger partial charge in [-0.25, -0.2) is 19.3 Å². The fourth-order valence-corrected chi connectivity index (χ4v) is 3.57. The van der Waals surface area contributed by atoms with Crippen LogP contribution in [-0.4, -0.2) is 44.4 Å². The maximum Gasteiger partial charge on any atom is 0.223 e. The number of rotatable bonds is 6. The van der Waals surface area contributed by atoms with Crippen LogP contribution in [0.2, 0.25) is 0 Å². The van der Waals surface area contributed by atoms with Crippen molar-refractivity contribution in [2.45, 2.75) is 40.3 Å². The second-order valence-corrected chi connectivity index (χ2v) is 9.81. The first-order chi connectivity index (χ1) is 15.6. The monoisotopic (exact) mass is 446 g/mol. The van der Waals surface area contributed by atoms with Gasteiger partial charge in [-0.2, -0.15) is 0 Å². The Labute approximate surface area is 194 Å². The number of aromatic nitrogens is 4. The average molecular weight is 447 g/mol. The summed E-state index contributed by atoms with van der Waals surface area (Å²) in [5, 5.41) is 3.42. The molecular formula is C26H31FN6. The molecular weight excluding hydrogens is 415 g/mol. The standard InChI is InChI=1S/C26H31FN6/c1-17(26(2,3)4)29-25-28-13-11-21(30-25)24-23(19-7-9-20(27)10-8-19)31-22-15-18(16-32(5)6)12-14-33(22)24/h7-15,17H,16H2,1-6H3,(H,28,29,30). The van der Waals surface area contributed by atoms with Crippen molar-refractivity contribution >= 4 is 11.6 Å². The van der Waals surface area contributed by atoms with Crippen LogP contribution in [0, 0.1) is 11.2 Å². The fraction of sp³-hybridized carbons (Fsp3) is 0.346. The molecule has 4 aromatic rings. The zero-order valence-corrected chi connectivity index (χ0v) is 20.1. The van der Waals surface area contributed by atoms with E-state index in [0.29, 0.717) is 5.95 Å². The van der Waals surface area contributed by atoms with E-state index in [-0.39, 0.29) is 17.3 Å². The van der Waals surface area contributed by atoms with E-state index in [0.717, 1.165) is 34.8 Å². The van der Waals surface area contributed by atoms with E-state index in [1.54, 1.807) is 18.3 Å². The molecule has 6 nitrogen and oxygen atoms in total. The van der Waals surface area contributed by atoms with E-state index in [1.807, 2.05) is 30.8 Å². The first kappa shape index (κ1) is 22.9. The van der Waals surface area contributed by atoms with Gasteiger partial charge in [0.25, 0.3) is 0 Å². The lowest BCUT2D eigenvalue weighted by atomic mass is 9.88. The van der Waals surface area contributed by atoms with E-state index >= 15 is 0 Å². The van der Waals surface area contributed by atoms with E-state index in [1.165, 1.54) is 17.7 Å². The van der Waals surface area contributed by atoms with Gasteiger partial charge in [0.05, 0.1) is 17.1 Å². The van der Waals surface area contributed by atoms with E-state index in [9.17, 15) is 4.39 Å². The Morgan fingerprint density at radius 2 is 1.79 bits per heavy atom. The average Bonchev–Trinajstić information content (AvgIpc) is 3.12. The van der Waals surface area contributed by atoms with Gasteiger partial charge < -0.3 is 10.2 Å². The molecule has 0 saturated carbocycles. The number of nitrogens with zero attached hydrogens (tertiary/aromatic N) is 5. The largest absolute Gasteiger partial charge is 0.351 e. The van der Waals surface area contributed by atoms with Crippen LogP contribution >= 0.6 is 0 Å². The highest BCUT2D eigenvalue weighted by Crippen LogP contribution is 2.33. The summed E-state index contributed by atoms with van der Waals surface area (Å²) < 4.78 is 15.7. The van der Waals surface area contributed by atoms with Crippen molar-refractivity contribution in [3.63, 3.8) is 0 Å². The zero-order valence-electron chi connectivity index (χ0n) is 20.1. The van der Waals surface area contributed by atoms with Crippen LogP contribution in [-0.2, 0) is 6.54 Å². The van der Waals surface area contributed by atoms with Crippen molar-refractivity contribution in [2.75, 3.05) is 19.4 Å². The molecule has 4 rings (SSSR count). The third kappa shape index (κ3) is 5.03. The Bertz CT molecular complexity index is 1250. The predicted molar refractivity (Wildman–Crippen MR) is 132 cm³/mol. The Kier molecular flexibility index (Phi) is 6.17. The Hall–Kier alpha value is -3.32. The van der Waals surface area contributed by atoms with E-state index < -0.39 is 0 Å². The third-order valence-electron chi connectivity index (χ3n) is 5.85. The van der Waals surface area contributed by atoms with Crippen LogP contribution in [0.3, 0.4) is 0 Å². The lowest BCUT2D eigenvalue weighted by molar-refractivity contribution is 0.358. The summed E-state index contributed by atoms with van der Waals surface area (Å²) in [5.74, 6) is 0.293. The van der Waals surface area contributed by atoms with Gasteiger partial charge >= 0.3 is 0 Å². The summed E-state index contributed by atoms with van der Waals surface area (Å²) in [6, 6.07) is 12.7. The molecule has 0 spiro atoms. The van der Waals surface area contributed by atoms with Crippen LogP contribution in [0.15, 0.2) is 54.9 Å². The molecule has 0 fully saturated rings. The molecule has 0 amide bonds. The molecule has 1 unspecified atom stereocenters. The van der Waals surface area contributed by atoms with Gasteiger partial charge in [0.15, 0.2) is 0 Å². The molecule has 0 saturated heterocycles.